The van der Waals surface area contributed by atoms with E-state index in [1.54, 1.807) is 44.8 Å². The number of aromatic nitrogens is 1. The molecule has 3 aromatic rings. The first-order chi connectivity index (χ1) is 17.4. The van der Waals surface area contributed by atoms with Gasteiger partial charge in [0.1, 0.15) is 11.5 Å². The number of ether oxygens (including phenoxy) is 2. The molecular formula is C25H29N5O5S. The Balaban J connectivity index is 1.34. The van der Waals surface area contributed by atoms with Crippen molar-refractivity contribution in [3.63, 3.8) is 0 Å². The van der Waals surface area contributed by atoms with Crippen LogP contribution < -0.4 is 25.0 Å². The summed E-state index contributed by atoms with van der Waals surface area (Å²) in [6, 6.07) is 15.0. The summed E-state index contributed by atoms with van der Waals surface area (Å²) < 4.78 is 38.6. The summed E-state index contributed by atoms with van der Waals surface area (Å²) in [5, 5.41) is 5.45. The summed E-state index contributed by atoms with van der Waals surface area (Å²) in [7, 11) is -0.470. The number of rotatable bonds is 8. The second-order valence-corrected chi connectivity index (χ2v) is 10.1. The van der Waals surface area contributed by atoms with E-state index in [0.717, 1.165) is 11.3 Å². The molecule has 0 bridgehead atoms. The highest BCUT2D eigenvalue weighted by atomic mass is 32.2. The van der Waals surface area contributed by atoms with Gasteiger partial charge in [-0.3, -0.25) is 4.98 Å². The van der Waals surface area contributed by atoms with Crippen LogP contribution in [0.5, 0.6) is 11.5 Å². The zero-order valence-electron chi connectivity index (χ0n) is 20.2. The summed E-state index contributed by atoms with van der Waals surface area (Å²) in [5.74, 6) is 1.37. The molecule has 0 radical (unpaired) electrons. The predicted molar refractivity (Wildman–Crippen MR) is 137 cm³/mol. The van der Waals surface area contributed by atoms with E-state index in [1.807, 2.05) is 24.3 Å². The summed E-state index contributed by atoms with van der Waals surface area (Å²) in [4.78, 5) is 18.4. The maximum atomic E-state index is 13.2. The van der Waals surface area contributed by atoms with Gasteiger partial charge in [0.15, 0.2) is 0 Å². The zero-order chi connectivity index (χ0) is 25.5. The number of nitrogens with one attached hydrogen (secondary N) is 2. The molecule has 10 nitrogen and oxygen atoms in total. The largest absolute Gasteiger partial charge is 0.497 e. The van der Waals surface area contributed by atoms with Gasteiger partial charge in [-0.25, -0.2) is 13.2 Å². The highest BCUT2D eigenvalue weighted by molar-refractivity contribution is 7.89. The number of hydrogen-bond acceptors (Lipinski definition) is 7. The van der Waals surface area contributed by atoms with E-state index in [1.165, 1.54) is 16.4 Å². The molecule has 190 valence electrons. The lowest BCUT2D eigenvalue weighted by molar-refractivity contribution is 0.251. The van der Waals surface area contributed by atoms with Crippen LogP contribution in [-0.4, -0.2) is 64.1 Å². The van der Waals surface area contributed by atoms with Crippen molar-refractivity contribution in [1.82, 2.24) is 14.6 Å². The average molecular weight is 512 g/mol. The molecule has 0 unspecified atom stereocenters. The summed E-state index contributed by atoms with van der Waals surface area (Å²) >= 11 is 0. The highest BCUT2D eigenvalue weighted by Gasteiger charge is 2.29. The van der Waals surface area contributed by atoms with Gasteiger partial charge in [0.25, 0.3) is 0 Å². The van der Waals surface area contributed by atoms with Crippen molar-refractivity contribution in [3.8, 4) is 11.5 Å². The van der Waals surface area contributed by atoms with E-state index < -0.39 is 10.0 Å². The number of urea groups is 1. The van der Waals surface area contributed by atoms with Crippen LogP contribution in [0.2, 0.25) is 0 Å². The predicted octanol–water partition coefficient (Wildman–Crippen LogP) is 2.93. The van der Waals surface area contributed by atoms with Gasteiger partial charge < -0.3 is 25.0 Å². The van der Waals surface area contributed by atoms with Crippen LogP contribution in [0.4, 0.5) is 16.2 Å². The molecular weight excluding hydrogens is 482 g/mol. The molecule has 2 aromatic carbocycles. The Morgan fingerprint density at radius 1 is 1.00 bits per heavy atom. The van der Waals surface area contributed by atoms with Gasteiger partial charge in [0.2, 0.25) is 10.0 Å². The molecule has 1 aliphatic heterocycles. The Morgan fingerprint density at radius 3 is 2.39 bits per heavy atom. The van der Waals surface area contributed by atoms with Crippen molar-refractivity contribution in [3.05, 3.63) is 72.6 Å². The quantitative estimate of drug-likeness (QED) is 0.478. The van der Waals surface area contributed by atoms with Crippen LogP contribution in [0.25, 0.3) is 0 Å². The lowest BCUT2D eigenvalue weighted by Gasteiger charge is -2.36. The maximum absolute atomic E-state index is 13.2. The Morgan fingerprint density at radius 2 is 1.75 bits per heavy atom. The zero-order valence-corrected chi connectivity index (χ0v) is 21.0. The molecule has 4 rings (SSSR count). The summed E-state index contributed by atoms with van der Waals surface area (Å²) in [5.41, 5.74) is 2.27. The molecule has 0 aliphatic carbocycles. The number of carbonyl (C=O) groups excluding carboxylic acids is 1. The van der Waals surface area contributed by atoms with Crippen molar-refractivity contribution >= 4 is 27.4 Å². The molecule has 0 saturated carbocycles. The number of carbonyl (C=O) groups is 1. The van der Waals surface area contributed by atoms with E-state index in [-0.39, 0.29) is 10.9 Å². The van der Waals surface area contributed by atoms with Crippen molar-refractivity contribution < 1.29 is 22.7 Å². The first-order valence-electron chi connectivity index (χ1n) is 11.4. The third-order valence-electron chi connectivity index (χ3n) is 5.89. The van der Waals surface area contributed by atoms with Crippen molar-refractivity contribution in [1.29, 1.82) is 0 Å². The molecule has 2 heterocycles. The van der Waals surface area contributed by atoms with Gasteiger partial charge in [-0.15, -0.1) is 0 Å². The van der Waals surface area contributed by atoms with E-state index >= 15 is 0 Å². The van der Waals surface area contributed by atoms with E-state index in [0.29, 0.717) is 49.9 Å². The van der Waals surface area contributed by atoms with Crippen molar-refractivity contribution in [2.45, 2.75) is 11.4 Å². The number of benzene rings is 2. The Bertz CT molecular complexity index is 1280. The Labute approximate surface area is 210 Å². The number of methoxy groups -OCH3 is 2. The van der Waals surface area contributed by atoms with Crippen LogP contribution in [0.15, 0.2) is 71.9 Å². The number of piperazine rings is 1. The lowest BCUT2D eigenvalue weighted by Crippen LogP contribution is -2.48. The average Bonchev–Trinajstić information content (AvgIpc) is 2.92. The molecule has 36 heavy (non-hydrogen) atoms. The monoisotopic (exact) mass is 511 g/mol. The van der Waals surface area contributed by atoms with E-state index in [2.05, 4.69) is 20.5 Å². The summed E-state index contributed by atoms with van der Waals surface area (Å²) in [6.07, 6.45) is 3.34. The number of pyridine rings is 1. The van der Waals surface area contributed by atoms with Gasteiger partial charge in [-0.05, 0) is 48.0 Å². The van der Waals surface area contributed by atoms with Gasteiger partial charge in [-0.1, -0.05) is 6.07 Å². The van der Waals surface area contributed by atoms with Gasteiger partial charge in [0.05, 0.1) is 24.8 Å². The number of hydrogen-bond donors (Lipinski definition) is 2. The molecule has 2 N–H and O–H groups in total. The standard InChI is InChI=1S/C25H29N5O5S/c1-34-21-7-10-23(24(16-21)35-2)29-12-14-30(15-13-29)36(32,33)22-8-5-20(6-9-22)28-25(31)27-18-19-4-3-11-26-17-19/h3-11,16-17H,12-15,18H2,1-2H3,(H2,27,28,31). The molecule has 0 spiro atoms. The molecule has 1 fully saturated rings. The second-order valence-electron chi connectivity index (χ2n) is 8.12. The van der Waals surface area contributed by atoms with E-state index in [4.69, 9.17) is 9.47 Å². The third kappa shape index (κ3) is 5.86. The van der Waals surface area contributed by atoms with Crippen LogP contribution in [0.3, 0.4) is 0 Å². The number of amides is 2. The SMILES string of the molecule is COc1ccc(N2CCN(S(=O)(=O)c3ccc(NC(=O)NCc4cccnc4)cc3)CC2)c(OC)c1. The smallest absolute Gasteiger partial charge is 0.319 e. The Hall–Kier alpha value is -3.83. The third-order valence-corrected chi connectivity index (χ3v) is 7.80. The normalized spacial score (nSPS) is 14.2. The van der Waals surface area contributed by atoms with Crippen molar-refractivity contribution in [2.24, 2.45) is 0 Å². The van der Waals surface area contributed by atoms with Crippen LogP contribution in [-0.2, 0) is 16.6 Å². The fourth-order valence-corrected chi connectivity index (χ4v) is 5.36. The highest BCUT2D eigenvalue weighted by Crippen LogP contribution is 2.33. The van der Waals surface area contributed by atoms with Crippen LogP contribution >= 0.6 is 0 Å². The molecule has 0 atom stereocenters. The van der Waals surface area contributed by atoms with Crippen molar-refractivity contribution in [2.75, 3.05) is 50.6 Å². The fraction of sp³-hybridized carbons (Fsp3) is 0.280. The van der Waals surface area contributed by atoms with Crippen LogP contribution in [0.1, 0.15) is 5.56 Å². The van der Waals surface area contributed by atoms with Crippen LogP contribution in [0, 0.1) is 0 Å². The molecule has 11 heteroatoms. The fourth-order valence-electron chi connectivity index (χ4n) is 3.94. The van der Waals surface area contributed by atoms with Gasteiger partial charge in [0, 0.05) is 56.9 Å². The molecule has 1 aromatic heterocycles. The van der Waals surface area contributed by atoms with Gasteiger partial charge >= 0.3 is 6.03 Å². The second kappa shape index (κ2) is 11.3. The number of nitrogens with zero attached hydrogens (tertiary/aromatic N) is 3. The summed E-state index contributed by atoms with van der Waals surface area (Å²) in [6.45, 7) is 2.07. The lowest BCUT2D eigenvalue weighted by atomic mass is 10.2. The number of anilines is 2. The first-order valence-corrected chi connectivity index (χ1v) is 12.9. The minimum atomic E-state index is -3.67. The maximum Gasteiger partial charge on any atom is 0.319 e. The minimum Gasteiger partial charge on any atom is -0.497 e. The van der Waals surface area contributed by atoms with E-state index in [9.17, 15) is 13.2 Å². The Kier molecular flexibility index (Phi) is 7.91. The van der Waals surface area contributed by atoms with Gasteiger partial charge in [-0.2, -0.15) is 4.31 Å². The molecule has 2 amide bonds. The topological polar surface area (TPSA) is 113 Å². The molecule has 1 saturated heterocycles. The first kappa shape index (κ1) is 25.3. The number of sulfonamides is 1. The minimum absolute atomic E-state index is 0.180. The molecule has 1 aliphatic rings.